The average molecular weight is 441 g/mol. The number of aromatic nitrogens is 2. The van der Waals surface area contributed by atoms with Gasteiger partial charge in [0.05, 0.1) is 11.9 Å². The van der Waals surface area contributed by atoms with Gasteiger partial charge in [-0.2, -0.15) is 0 Å². The Morgan fingerprint density at radius 2 is 2.03 bits per heavy atom. The van der Waals surface area contributed by atoms with Crippen LogP contribution < -0.4 is 26.6 Å². The summed E-state index contributed by atoms with van der Waals surface area (Å²) in [4.78, 5) is 38.5. The highest BCUT2D eigenvalue weighted by Crippen LogP contribution is 2.12. The average Bonchev–Trinajstić information content (AvgIpc) is 3.37. The molecule has 2 N–H and O–H groups in total. The number of H-pyrrole nitrogens is 1. The van der Waals surface area contributed by atoms with Crippen molar-refractivity contribution in [3.63, 3.8) is 0 Å². The highest BCUT2D eigenvalue weighted by molar-refractivity contribution is 6.17. The standard InChI is InChI=1S/C22H25ClN6O2/c1-28(2)18-7-4-16(5-8-18)12-19-22(31)29(14-21(30)25-11-3-10-23)20(27-19)9-6-17-13-24-15-26-17/h4-9,12-13,15,27H,3,10-11,14H2,1-2H3,(H,25,30)/b17-6?,19-12+,20-9?. The fourth-order valence-electron chi connectivity index (χ4n) is 2.92. The van der Waals surface area contributed by atoms with Gasteiger partial charge in [-0.1, -0.05) is 12.1 Å². The molecule has 31 heavy (non-hydrogen) atoms. The summed E-state index contributed by atoms with van der Waals surface area (Å²) in [5.41, 5.74) is 2.81. The van der Waals surface area contributed by atoms with Crippen molar-refractivity contribution < 1.29 is 4.79 Å². The second kappa shape index (κ2) is 10.6. The number of anilines is 1. The fourth-order valence-corrected chi connectivity index (χ4v) is 3.06. The molecule has 1 aromatic heterocycles. The van der Waals surface area contributed by atoms with Crippen molar-refractivity contribution in [3.8, 4) is 0 Å². The van der Waals surface area contributed by atoms with Crippen LogP contribution in [0.4, 0.5) is 5.69 Å². The van der Waals surface area contributed by atoms with E-state index in [0.717, 1.165) is 11.3 Å². The van der Waals surface area contributed by atoms with E-state index >= 15 is 0 Å². The topological polar surface area (TPSA) is 94.8 Å². The summed E-state index contributed by atoms with van der Waals surface area (Å²) in [5.74, 6) is 0.209. The smallest absolute Gasteiger partial charge is 0.276 e. The predicted molar refractivity (Wildman–Crippen MR) is 127 cm³/mol. The Kier molecular flexibility index (Phi) is 7.61. The van der Waals surface area contributed by atoms with Crippen LogP contribution in [0.25, 0.3) is 12.2 Å². The number of carbonyl (C=O) groups is 1. The molecule has 162 valence electrons. The molecule has 1 amide bonds. The Hall–Kier alpha value is -3.39. The number of rotatable bonds is 8. The van der Waals surface area contributed by atoms with Gasteiger partial charge in [-0.25, -0.2) is 9.98 Å². The van der Waals surface area contributed by atoms with E-state index in [1.807, 2.05) is 43.3 Å². The summed E-state index contributed by atoms with van der Waals surface area (Å²) < 4.78 is 1.41. The monoisotopic (exact) mass is 440 g/mol. The molecule has 0 aliphatic carbocycles. The molecule has 9 heteroatoms. The molecule has 2 aromatic rings. The number of hydrogen-bond acceptors (Lipinski definition) is 5. The van der Waals surface area contributed by atoms with Crippen LogP contribution in [-0.2, 0) is 11.3 Å². The maximum atomic E-state index is 13.0. The summed E-state index contributed by atoms with van der Waals surface area (Å²) >= 11 is 5.65. The molecule has 0 spiro atoms. The van der Waals surface area contributed by atoms with E-state index in [-0.39, 0.29) is 18.0 Å². The largest absolute Gasteiger partial charge is 0.378 e. The number of halogens is 1. The molecule has 1 aliphatic heterocycles. The zero-order valence-corrected chi connectivity index (χ0v) is 18.3. The Bertz CT molecular complexity index is 1170. The molecule has 0 fully saturated rings. The number of aromatic amines is 1. The molecule has 0 radical (unpaired) electrons. The summed E-state index contributed by atoms with van der Waals surface area (Å²) in [5, 5.41) is 3.16. The lowest BCUT2D eigenvalue weighted by atomic mass is 10.2. The van der Waals surface area contributed by atoms with E-state index in [2.05, 4.69) is 20.3 Å². The highest BCUT2D eigenvalue weighted by Gasteiger charge is 2.09. The molecule has 1 aromatic carbocycles. The molecule has 0 saturated heterocycles. The van der Waals surface area contributed by atoms with Crippen molar-refractivity contribution in [1.82, 2.24) is 14.9 Å². The number of benzene rings is 1. The van der Waals surface area contributed by atoms with Gasteiger partial charge in [0.25, 0.3) is 5.56 Å². The minimum Gasteiger partial charge on any atom is -0.378 e. The third-order valence-corrected chi connectivity index (χ3v) is 4.84. The Balaban J connectivity index is 1.98. The second-order valence-electron chi connectivity index (χ2n) is 7.12. The van der Waals surface area contributed by atoms with Gasteiger partial charge in [0, 0.05) is 32.2 Å². The van der Waals surface area contributed by atoms with Gasteiger partial charge in [0.1, 0.15) is 23.7 Å². The third-order valence-electron chi connectivity index (χ3n) is 4.58. The van der Waals surface area contributed by atoms with E-state index in [1.165, 1.54) is 10.9 Å². The summed E-state index contributed by atoms with van der Waals surface area (Å²) in [6.45, 7) is 0.365. The SMILES string of the molecule is CN(C)c1ccc(/C=c2/[nH]c(=CC=C3C=NC=N3)n(CC(=O)NCCCCl)c2=O)cc1. The normalized spacial score (nSPS) is 15.3. The zero-order chi connectivity index (χ0) is 22.2. The lowest BCUT2D eigenvalue weighted by Gasteiger charge is -2.11. The van der Waals surface area contributed by atoms with Crippen molar-refractivity contribution in [2.75, 3.05) is 31.4 Å². The van der Waals surface area contributed by atoms with Crippen LogP contribution in [0.5, 0.6) is 0 Å². The Morgan fingerprint density at radius 3 is 2.68 bits per heavy atom. The number of hydrogen-bond donors (Lipinski definition) is 2. The van der Waals surface area contributed by atoms with E-state index in [0.29, 0.717) is 35.4 Å². The van der Waals surface area contributed by atoms with Crippen molar-refractivity contribution >= 4 is 47.9 Å². The Labute approximate surface area is 185 Å². The first kappa shape index (κ1) is 22.3. The second-order valence-corrected chi connectivity index (χ2v) is 7.50. The molecule has 0 unspecified atom stereocenters. The van der Waals surface area contributed by atoms with E-state index in [9.17, 15) is 9.59 Å². The van der Waals surface area contributed by atoms with Crippen LogP contribution in [0.2, 0.25) is 0 Å². The van der Waals surface area contributed by atoms with Crippen LogP contribution >= 0.6 is 11.6 Å². The number of aliphatic imine (C=N–C) groups is 2. The Morgan fingerprint density at radius 1 is 1.26 bits per heavy atom. The summed E-state index contributed by atoms with van der Waals surface area (Å²) in [6, 6.07) is 7.83. The van der Waals surface area contributed by atoms with Crippen molar-refractivity contribution in [2.45, 2.75) is 13.0 Å². The third kappa shape index (κ3) is 6.05. The molecule has 0 bridgehead atoms. The molecule has 1 aliphatic rings. The number of imidazole rings is 1. The predicted octanol–water partition coefficient (Wildman–Crippen LogP) is 0.593. The van der Waals surface area contributed by atoms with Crippen LogP contribution in [-0.4, -0.2) is 54.5 Å². The number of carbonyl (C=O) groups excluding carboxylic acids is 1. The van der Waals surface area contributed by atoms with Gasteiger partial charge in [0.2, 0.25) is 5.91 Å². The summed E-state index contributed by atoms with van der Waals surface area (Å²) in [7, 11) is 3.94. The van der Waals surface area contributed by atoms with Crippen LogP contribution in [0.3, 0.4) is 0 Å². The van der Waals surface area contributed by atoms with Gasteiger partial charge in [-0.05, 0) is 42.3 Å². The molecule has 8 nitrogen and oxygen atoms in total. The maximum absolute atomic E-state index is 13.0. The number of alkyl halides is 1. The van der Waals surface area contributed by atoms with E-state index in [1.54, 1.807) is 24.4 Å². The van der Waals surface area contributed by atoms with Gasteiger partial charge in [-0.15, -0.1) is 11.6 Å². The molecular formula is C22H25ClN6O2. The van der Waals surface area contributed by atoms with Crippen LogP contribution in [0.15, 0.2) is 50.8 Å². The van der Waals surface area contributed by atoms with Crippen molar-refractivity contribution in [2.24, 2.45) is 9.98 Å². The minimum atomic E-state index is -0.280. The number of amides is 1. The van der Waals surface area contributed by atoms with Gasteiger partial charge >= 0.3 is 0 Å². The number of allylic oxidation sites excluding steroid dienone is 2. The first-order valence-corrected chi connectivity index (χ1v) is 10.4. The van der Waals surface area contributed by atoms with Gasteiger partial charge in [-0.3, -0.25) is 14.2 Å². The minimum absolute atomic E-state index is 0.0998. The molecule has 2 heterocycles. The zero-order valence-electron chi connectivity index (χ0n) is 17.5. The molecule has 3 rings (SSSR count). The first-order valence-electron chi connectivity index (χ1n) is 9.86. The van der Waals surface area contributed by atoms with Crippen molar-refractivity contribution in [1.29, 1.82) is 0 Å². The van der Waals surface area contributed by atoms with Crippen LogP contribution in [0, 0.1) is 0 Å². The van der Waals surface area contributed by atoms with Gasteiger partial charge in [0.15, 0.2) is 0 Å². The molecule has 0 saturated carbocycles. The lowest BCUT2D eigenvalue weighted by Crippen LogP contribution is -2.38. The van der Waals surface area contributed by atoms with E-state index < -0.39 is 0 Å². The summed E-state index contributed by atoms with van der Waals surface area (Å²) in [6.07, 6.45) is 8.94. The highest BCUT2D eigenvalue weighted by atomic mass is 35.5. The maximum Gasteiger partial charge on any atom is 0.276 e. The van der Waals surface area contributed by atoms with Gasteiger partial charge < -0.3 is 15.2 Å². The quantitative estimate of drug-likeness (QED) is 0.464. The van der Waals surface area contributed by atoms with Crippen LogP contribution in [0.1, 0.15) is 12.0 Å². The fraction of sp³-hybridized carbons (Fsp3) is 0.273. The lowest BCUT2D eigenvalue weighted by molar-refractivity contribution is -0.121. The first-order chi connectivity index (χ1) is 15.0. The molecular weight excluding hydrogens is 416 g/mol. The number of nitrogens with zero attached hydrogens (tertiary/aromatic N) is 4. The van der Waals surface area contributed by atoms with Crippen molar-refractivity contribution in [3.05, 3.63) is 62.8 Å². The number of nitrogens with one attached hydrogen (secondary N) is 2. The molecule has 0 atom stereocenters. The van der Waals surface area contributed by atoms with E-state index in [4.69, 9.17) is 11.6 Å².